The number of benzene rings is 2. The average Bonchev–Trinajstić information content (AvgIpc) is 2.69. The molecule has 0 aliphatic carbocycles. The number of aromatic hydroxyl groups is 1. The maximum absolute atomic E-state index is 9.41. The molecule has 0 amide bonds. The van der Waals surface area contributed by atoms with Gasteiger partial charge in [-0.1, -0.05) is 74.7 Å². The third-order valence-electron chi connectivity index (χ3n) is 4.72. The third-order valence-corrected chi connectivity index (χ3v) is 4.72. The van der Waals surface area contributed by atoms with Crippen LogP contribution in [0.2, 0.25) is 0 Å². The molecule has 0 aliphatic rings. The molecule has 0 unspecified atom stereocenters. The van der Waals surface area contributed by atoms with Gasteiger partial charge in [-0.05, 0) is 16.2 Å². The van der Waals surface area contributed by atoms with Crippen LogP contribution in [-0.2, 0) is 16.2 Å². The summed E-state index contributed by atoms with van der Waals surface area (Å²) in [6.07, 6.45) is 4.62. The molecule has 3 aromatic rings. The fourth-order valence-electron chi connectivity index (χ4n) is 2.71. The van der Waals surface area contributed by atoms with Crippen LogP contribution in [0.25, 0.3) is 0 Å². The largest absolute Gasteiger partial charge is 1.00 e. The molecule has 3 rings (SSSR count). The second kappa shape index (κ2) is 19.4. The minimum atomic E-state index is 0. The van der Waals surface area contributed by atoms with E-state index in [0.29, 0.717) is 5.75 Å². The van der Waals surface area contributed by atoms with Crippen molar-refractivity contribution in [3.8, 4) is 5.75 Å². The van der Waals surface area contributed by atoms with Crippen LogP contribution in [0.1, 0.15) is 79.0 Å². The summed E-state index contributed by atoms with van der Waals surface area (Å²) >= 11 is 0. The summed E-state index contributed by atoms with van der Waals surface area (Å²) < 4.78 is 0. The zero-order valence-electron chi connectivity index (χ0n) is 23.7. The SMILES string of the molecule is CC(C)(C)c1cc[c-]cc1.CC(C)(C)c1cc[c-]cc1O.CC(C)(C)c1cc[c-]nc1.[K+].[K+].[K+]. The first-order chi connectivity index (χ1) is 14.2. The van der Waals surface area contributed by atoms with Crippen LogP contribution in [0, 0.1) is 18.3 Å². The molecule has 0 bridgehead atoms. The minimum Gasteiger partial charge on any atom is -0.565 e. The second-order valence-electron chi connectivity index (χ2n) is 10.7. The average molecular weight is 534 g/mol. The Hall–Kier alpha value is 2.30. The molecule has 0 saturated heterocycles. The van der Waals surface area contributed by atoms with Gasteiger partial charge in [0, 0.05) is 5.75 Å². The van der Waals surface area contributed by atoms with Gasteiger partial charge in [0.2, 0.25) is 0 Å². The van der Waals surface area contributed by atoms with Crippen molar-refractivity contribution in [1.82, 2.24) is 4.98 Å². The van der Waals surface area contributed by atoms with E-state index in [0.717, 1.165) is 5.56 Å². The summed E-state index contributed by atoms with van der Waals surface area (Å²) in [6.45, 7) is 19.4. The van der Waals surface area contributed by atoms with Crippen LogP contribution in [-0.4, -0.2) is 10.1 Å². The molecule has 2 nitrogen and oxygen atoms in total. The Morgan fingerprint density at radius 2 is 1.09 bits per heavy atom. The van der Waals surface area contributed by atoms with Crippen molar-refractivity contribution >= 4 is 0 Å². The van der Waals surface area contributed by atoms with E-state index in [1.807, 2.05) is 42.6 Å². The predicted molar refractivity (Wildman–Crippen MR) is 131 cm³/mol. The number of hydrogen-bond donors (Lipinski definition) is 1. The molecule has 0 atom stereocenters. The van der Waals surface area contributed by atoms with Crippen molar-refractivity contribution < 1.29 is 159 Å². The molecular formula is C29H38K3NO. The van der Waals surface area contributed by atoms with Gasteiger partial charge < -0.3 is 10.1 Å². The van der Waals surface area contributed by atoms with Crippen LogP contribution < -0.4 is 154 Å². The molecule has 0 aliphatic heterocycles. The Labute approximate surface area is 337 Å². The van der Waals surface area contributed by atoms with Gasteiger partial charge in [0.1, 0.15) is 0 Å². The summed E-state index contributed by atoms with van der Waals surface area (Å²) in [4.78, 5) is 3.93. The van der Waals surface area contributed by atoms with E-state index in [4.69, 9.17) is 0 Å². The van der Waals surface area contributed by atoms with E-state index in [9.17, 15) is 5.11 Å². The quantitative estimate of drug-likeness (QED) is 0.281. The van der Waals surface area contributed by atoms with Crippen LogP contribution in [0.3, 0.4) is 0 Å². The summed E-state index contributed by atoms with van der Waals surface area (Å²) in [5.74, 6) is 0.333. The predicted octanol–water partition coefficient (Wildman–Crippen LogP) is -1.53. The molecule has 34 heavy (non-hydrogen) atoms. The smallest absolute Gasteiger partial charge is 0.565 e. The van der Waals surface area contributed by atoms with Crippen molar-refractivity contribution in [3.63, 3.8) is 0 Å². The van der Waals surface area contributed by atoms with Gasteiger partial charge in [-0.15, -0.1) is 17.2 Å². The number of phenolic OH excluding ortho intramolecular Hbond substituents is 1. The maximum Gasteiger partial charge on any atom is 1.00 e. The number of phenols is 1. The van der Waals surface area contributed by atoms with Crippen LogP contribution in [0.4, 0.5) is 0 Å². The minimum absolute atomic E-state index is 0. The molecule has 1 heterocycles. The Morgan fingerprint density at radius 1 is 0.618 bits per heavy atom. The molecule has 0 saturated carbocycles. The van der Waals surface area contributed by atoms with Gasteiger partial charge in [-0.2, -0.15) is 66.2 Å². The molecular weight excluding hydrogens is 496 g/mol. The van der Waals surface area contributed by atoms with Gasteiger partial charge in [0.05, 0.1) is 0 Å². The van der Waals surface area contributed by atoms with Crippen LogP contribution in [0.15, 0.2) is 60.8 Å². The molecule has 168 valence electrons. The van der Waals surface area contributed by atoms with Crippen molar-refractivity contribution in [2.45, 2.75) is 78.6 Å². The van der Waals surface area contributed by atoms with Crippen molar-refractivity contribution in [1.29, 1.82) is 0 Å². The van der Waals surface area contributed by atoms with Gasteiger partial charge in [0.15, 0.2) is 0 Å². The number of hydrogen-bond acceptors (Lipinski definition) is 2. The Bertz CT molecular complexity index is 845. The van der Waals surface area contributed by atoms with E-state index < -0.39 is 0 Å². The normalized spacial score (nSPS) is 10.5. The number of rotatable bonds is 0. The van der Waals surface area contributed by atoms with Crippen LogP contribution >= 0.6 is 0 Å². The van der Waals surface area contributed by atoms with E-state index in [2.05, 4.69) is 97.8 Å². The van der Waals surface area contributed by atoms with E-state index in [1.54, 1.807) is 6.07 Å². The molecule has 0 spiro atoms. The summed E-state index contributed by atoms with van der Waals surface area (Å²) in [7, 11) is 0. The summed E-state index contributed by atoms with van der Waals surface area (Å²) in [5, 5.41) is 9.41. The first-order valence-corrected chi connectivity index (χ1v) is 10.7. The summed E-state index contributed by atoms with van der Waals surface area (Å²) in [6, 6.07) is 23.2. The van der Waals surface area contributed by atoms with E-state index in [1.165, 1.54) is 11.1 Å². The number of pyridine rings is 1. The standard InChI is InChI=1S/C10H13O.C10H13.C9H12N.3K/c1-10(2,3)8-6-4-5-7-9(8)11;1-10(2,3)9-7-5-4-6-8-9;1-9(2,3)8-5-4-6-10-7-8;;;/h4,6-7,11H,1-3H3;5-8H,1-3H3;4-5,7H,1-3H3;;;/q3*-1;3*+1. The summed E-state index contributed by atoms with van der Waals surface area (Å²) in [5.41, 5.74) is 4.09. The van der Waals surface area contributed by atoms with Gasteiger partial charge in [-0.3, -0.25) is 0 Å². The third kappa shape index (κ3) is 17.0. The fourth-order valence-corrected chi connectivity index (χ4v) is 2.71. The number of aromatic nitrogens is 1. The first-order valence-electron chi connectivity index (χ1n) is 10.7. The van der Waals surface area contributed by atoms with Crippen molar-refractivity contribution in [2.24, 2.45) is 0 Å². The molecule has 5 heteroatoms. The zero-order chi connectivity index (χ0) is 23.7. The van der Waals surface area contributed by atoms with Gasteiger partial charge >= 0.3 is 154 Å². The second-order valence-corrected chi connectivity index (χ2v) is 10.7. The number of nitrogens with zero attached hydrogens (tertiary/aromatic N) is 1. The molecule has 2 aromatic carbocycles. The molecule has 1 aromatic heterocycles. The fraction of sp³-hybridized carbons (Fsp3) is 0.414. The zero-order valence-corrected chi connectivity index (χ0v) is 33.0. The Morgan fingerprint density at radius 3 is 1.38 bits per heavy atom. The van der Waals surface area contributed by atoms with E-state index >= 15 is 0 Å². The topological polar surface area (TPSA) is 33.1 Å². The van der Waals surface area contributed by atoms with Gasteiger partial charge in [-0.25, -0.2) is 0 Å². The van der Waals surface area contributed by atoms with Crippen molar-refractivity contribution in [2.75, 3.05) is 0 Å². The monoisotopic (exact) mass is 533 g/mol. The Kier molecular flexibility index (Phi) is 23.2. The van der Waals surface area contributed by atoms with Gasteiger partial charge in [0.25, 0.3) is 0 Å². The first kappa shape index (κ1) is 40.8. The van der Waals surface area contributed by atoms with E-state index in [-0.39, 0.29) is 170 Å². The molecule has 0 fully saturated rings. The molecule has 1 N–H and O–H groups in total. The van der Waals surface area contributed by atoms with Crippen LogP contribution in [0.5, 0.6) is 5.75 Å². The molecule has 0 radical (unpaired) electrons. The van der Waals surface area contributed by atoms with Crippen molar-refractivity contribution in [3.05, 3.63) is 95.8 Å². The Balaban J connectivity index is -0.000000407. The maximum atomic E-state index is 9.41.